The highest BCUT2D eigenvalue weighted by Crippen LogP contribution is 2.35. The van der Waals surface area contributed by atoms with E-state index in [4.69, 9.17) is 14.2 Å². The maximum atomic E-state index is 12.1. The molecule has 0 saturated carbocycles. The first-order valence-electron chi connectivity index (χ1n) is 11.3. The average Bonchev–Trinajstić information content (AvgIpc) is 3.37. The van der Waals surface area contributed by atoms with Gasteiger partial charge in [0.15, 0.2) is 11.5 Å². The summed E-state index contributed by atoms with van der Waals surface area (Å²) >= 11 is 0. The van der Waals surface area contributed by atoms with Crippen LogP contribution in [0.2, 0.25) is 0 Å². The lowest BCUT2D eigenvalue weighted by Crippen LogP contribution is -2.46. The molecule has 12 heteroatoms. The number of ether oxygens (including phenoxy) is 3. The van der Waals surface area contributed by atoms with Crippen LogP contribution >= 0.6 is 0 Å². The summed E-state index contributed by atoms with van der Waals surface area (Å²) in [5.74, 6) is 1.17. The summed E-state index contributed by atoms with van der Waals surface area (Å²) in [6.07, 6.45) is 1.28. The minimum atomic E-state index is -0.561. The molecule has 0 radical (unpaired) electrons. The molecule has 5 rings (SSSR count). The van der Waals surface area contributed by atoms with E-state index < -0.39 is 10.9 Å². The van der Waals surface area contributed by atoms with Gasteiger partial charge >= 0.3 is 11.7 Å². The fourth-order valence-corrected chi connectivity index (χ4v) is 4.28. The highest BCUT2D eigenvalue weighted by molar-refractivity contribution is 5.96. The number of aromatic nitrogens is 2. The molecule has 1 N–H and O–H groups in total. The summed E-state index contributed by atoms with van der Waals surface area (Å²) in [5.41, 5.74) is 1.45. The number of carbonyl (C=O) groups is 1. The van der Waals surface area contributed by atoms with Gasteiger partial charge in [-0.25, -0.2) is 14.8 Å². The molecular formula is C24H24N6O6. The van der Waals surface area contributed by atoms with Gasteiger partial charge in [-0.1, -0.05) is 18.2 Å². The minimum absolute atomic E-state index is 0.00384. The fraction of sp³-hybridized carbons (Fsp3) is 0.292. The van der Waals surface area contributed by atoms with Gasteiger partial charge in [0.25, 0.3) is 0 Å². The molecule has 1 saturated heterocycles. The van der Waals surface area contributed by atoms with E-state index in [0.29, 0.717) is 31.9 Å². The van der Waals surface area contributed by atoms with Crippen molar-refractivity contribution in [2.45, 2.75) is 6.54 Å². The predicted molar refractivity (Wildman–Crippen MR) is 130 cm³/mol. The molecule has 0 spiro atoms. The maximum absolute atomic E-state index is 12.1. The number of benzene rings is 2. The zero-order chi connectivity index (χ0) is 25.1. The van der Waals surface area contributed by atoms with E-state index in [-0.39, 0.29) is 29.7 Å². The molecule has 0 atom stereocenters. The van der Waals surface area contributed by atoms with Gasteiger partial charge in [0.05, 0.1) is 23.3 Å². The third kappa shape index (κ3) is 4.70. The third-order valence-electron chi connectivity index (χ3n) is 6.09. The number of hydrogen-bond acceptors (Lipinski definition) is 11. The van der Waals surface area contributed by atoms with Crippen molar-refractivity contribution in [3.63, 3.8) is 0 Å². The van der Waals surface area contributed by atoms with Crippen molar-refractivity contribution in [1.29, 1.82) is 0 Å². The minimum Gasteiger partial charge on any atom is -0.465 e. The number of nitro groups is 1. The fourth-order valence-electron chi connectivity index (χ4n) is 4.28. The van der Waals surface area contributed by atoms with E-state index in [1.807, 2.05) is 23.1 Å². The molecule has 3 aromatic rings. The Kier molecular flexibility index (Phi) is 6.50. The van der Waals surface area contributed by atoms with Crippen molar-refractivity contribution in [2.24, 2.45) is 0 Å². The summed E-state index contributed by atoms with van der Waals surface area (Å²) < 4.78 is 15.6. The number of rotatable bonds is 7. The van der Waals surface area contributed by atoms with Crippen LogP contribution in [0.25, 0.3) is 0 Å². The van der Waals surface area contributed by atoms with Gasteiger partial charge < -0.3 is 24.4 Å². The van der Waals surface area contributed by atoms with Gasteiger partial charge in [-0.15, -0.1) is 0 Å². The SMILES string of the molecule is COC(=O)c1ccccc1Nc1ncnc(N2CCN(Cc3ccc4c(c3)OCO4)CC2)c1[N+](=O)[O-]. The standard InChI is InChI=1S/C24H24N6O6/c1-34-24(31)17-4-2-3-5-18(17)27-22-21(30(32)33)23(26-14-25-22)29-10-8-28(9-11-29)13-16-6-7-19-20(12-16)36-15-35-19/h2-7,12,14H,8-11,13,15H2,1H3,(H,25,26,27). The molecule has 3 heterocycles. The van der Waals surface area contributed by atoms with Gasteiger partial charge in [0.2, 0.25) is 18.4 Å². The van der Waals surface area contributed by atoms with Crippen LogP contribution in [0.15, 0.2) is 48.8 Å². The normalized spacial score (nSPS) is 15.0. The Morgan fingerprint density at radius 3 is 2.67 bits per heavy atom. The first-order valence-corrected chi connectivity index (χ1v) is 11.3. The maximum Gasteiger partial charge on any atom is 0.353 e. The lowest BCUT2D eigenvalue weighted by atomic mass is 10.1. The van der Waals surface area contributed by atoms with Crippen molar-refractivity contribution in [3.05, 3.63) is 70.0 Å². The van der Waals surface area contributed by atoms with Crippen molar-refractivity contribution in [1.82, 2.24) is 14.9 Å². The first kappa shape index (κ1) is 23.3. The number of anilines is 3. The van der Waals surface area contributed by atoms with Crippen molar-refractivity contribution >= 4 is 29.0 Å². The van der Waals surface area contributed by atoms with Crippen LogP contribution < -0.4 is 19.7 Å². The van der Waals surface area contributed by atoms with Crippen LogP contribution in [-0.4, -0.2) is 65.8 Å². The molecule has 0 amide bonds. The number of fused-ring (bicyclic) bond motifs is 1. The van der Waals surface area contributed by atoms with Crippen LogP contribution in [0.5, 0.6) is 11.5 Å². The average molecular weight is 492 g/mol. The van der Waals surface area contributed by atoms with Gasteiger partial charge in [-0.2, -0.15) is 0 Å². The van der Waals surface area contributed by atoms with Crippen molar-refractivity contribution < 1.29 is 23.9 Å². The molecule has 186 valence electrons. The van der Waals surface area contributed by atoms with E-state index in [9.17, 15) is 14.9 Å². The first-order chi connectivity index (χ1) is 17.5. The monoisotopic (exact) mass is 492 g/mol. The zero-order valence-electron chi connectivity index (χ0n) is 19.5. The highest BCUT2D eigenvalue weighted by atomic mass is 16.7. The van der Waals surface area contributed by atoms with E-state index >= 15 is 0 Å². The molecule has 0 aliphatic carbocycles. The molecule has 1 fully saturated rings. The van der Waals surface area contributed by atoms with Gasteiger partial charge in [-0.05, 0) is 29.8 Å². The molecule has 0 unspecified atom stereocenters. The van der Waals surface area contributed by atoms with Gasteiger partial charge in [-0.3, -0.25) is 15.0 Å². The summed E-state index contributed by atoms with van der Waals surface area (Å²) in [7, 11) is 1.27. The molecule has 2 aliphatic heterocycles. The smallest absolute Gasteiger partial charge is 0.353 e. The Bertz CT molecular complexity index is 1290. The predicted octanol–water partition coefficient (Wildman–Crippen LogP) is 2.97. The summed E-state index contributed by atoms with van der Waals surface area (Å²) in [4.78, 5) is 36.2. The van der Waals surface area contributed by atoms with Gasteiger partial charge in [0.1, 0.15) is 6.33 Å². The van der Waals surface area contributed by atoms with Crippen LogP contribution in [0.1, 0.15) is 15.9 Å². The number of nitrogens with one attached hydrogen (secondary N) is 1. The number of piperazine rings is 1. The molecule has 2 aliphatic rings. The highest BCUT2D eigenvalue weighted by Gasteiger charge is 2.30. The molecule has 36 heavy (non-hydrogen) atoms. The van der Waals surface area contributed by atoms with E-state index in [2.05, 4.69) is 20.2 Å². The van der Waals surface area contributed by atoms with Crippen LogP contribution in [-0.2, 0) is 11.3 Å². The number of para-hydroxylation sites is 1. The van der Waals surface area contributed by atoms with Crippen molar-refractivity contribution in [3.8, 4) is 11.5 Å². The third-order valence-corrected chi connectivity index (χ3v) is 6.09. The number of hydrogen-bond donors (Lipinski definition) is 1. The summed E-state index contributed by atoms with van der Waals surface area (Å²) in [6, 6.07) is 12.5. The Morgan fingerprint density at radius 2 is 1.89 bits per heavy atom. The van der Waals surface area contributed by atoms with Crippen LogP contribution in [0, 0.1) is 10.1 Å². The molecule has 1 aromatic heterocycles. The Morgan fingerprint density at radius 1 is 1.11 bits per heavy atom. The molecule has 2 aromatic carbocycles. The second kappa shape index (κ2) is 10.0. The number of methoxy groups -OCH3 is 1. The van der Waals surface area contributed by atoms with Gasteiger partial charge in [0, 0.05) is 32.7 Å². The Balaban J connectivity index is 1.32. The van der Waals surface area contributed by atoms with E-state index in [1.54, 1.807) is 24.3 Å². The second-order valence-electron chi connectivity index (χ2n) is 8.26. The second-order valence-corrected chi connectivity index (χ2v) is 8.26. The number of esters is 1. The number of carbonyl (C=O) groups excluding carboxylic acids is 1. The van der Waals surface area contributed by atoms with Crippen molar-refractivity contribution in [2.75, 3.05) is 50.3 Å². The lowest BCUT2D eigenvalue weighted by molar-refractivity contribution is -0.383. The van der Waals surface area contributed by atoms with Crippen LogP contribution in [0.3, 0.4) is 0 Å². The largest absolute Gasteiger partial charge is 0.465 e. The lowest BCUT2D eigenvalue weighted by Gasteiger charge is -2.35. The van der Waals surface area contributed by atoms with E-state index in [1.165, 1.54) is 13.4 Å². The zero-order valence-corrected chi connectivity index (χ0v) is 19.5. The topological polar surface area (TPSA) is 132 Å². The Hall–Kier alpha value is -4.45. The van der Waals surface area contributed by atoms with E-state index in [0.717, 1.165) is 23.6 Å². The summed E-state index contributed by atoms with van der Waals surface area (Å²) in [6.45, 7) is 3.47. The molecule has 12 nitrogen and oxygen atoms in total. The Labute approximate surface area is 206 Å². The molecular weight excluding hydrogens is 468 g/mol. The molecule has 0 bridgehead atoms. The van der Waals surface area contributed by atoms with Crippen LogP contribution in [0.4, 0.5) is 23.0 Å². The summed E-state index contributed by atoms with van der Waals surface area (Å²) in [5, 5.41) is 15.0. The quantitative estimate of drug-likeness (QED) is 0.296. The number of nitrogens with zero attached hydrogens (tertiary/aromatic N) is 5.